The van der Waals surface area contributed by atoms with Crippen LogP contribution in [0.15, 0.2) is 23.8 Å². The summed E-state index contributed by atoms with van der Waals surface area (Å²) in [4.78, 5) is 22.0. The summed E-state index contributed by atoms with van der Waals surface area (Å²) in [5.74, 6) is -0.738. The molecule has 56 valence electrons. The number of fused-ring (bicyclic) bond motifs is 1. The van der Waals surface area contributed by atoms with Crippen molar-refractivity contribution in [2.24, 2.45) is 5.92 Å². The van der Waals surface area contributed by atoms with Crippen molar-refractivity contribution in [1.82, 2.24) is 5.32 Å². The molecule has 1 saturated heterocycles. The largest absolute Gasteiger partial charge is 0.292 e. The van der Waals surface area contributed by atoms with Crippen LogP contribution in [0.2, 0.25) is 0 Å². The molecule has 1 aliphatic heterocycles. The van der Waals surface area contributed by atoms with Crippen LogP contribution in [0.5, 0.6) is 0 Å². The molecule has 2 aliphatic rings. The van der Waals surface area contributed by atoms with Gasteiger partial charge in [0.15, 0.2) is 0 Å². The lowest BCUT2D eigenvalue weighted by molar-refractivity contribution is -0.125. The predicted octanol–water partition coefficient (Wildman–Crippen LogP) is 0.145. The van der Waals surface area contributed by atoms with Gasteiger partial charge in [-0.1, -0.05) is 18.2 Å². The fourth-order valence-electron chi connectivity index (χ4n) is 1.36. The van der Waals surface area contributed by atoms with Crippen molar-refractivity contribution in [2.45, 2.75) is 6.42 Å². The molecule has 1 heterocycles. The molecule has 1 atom stereocenters. The van der Waals surface area contributed by atoms with E-state index in [1.165, 1.54) is 0 Å². The van der Waals surface area contributed by atoms with Crippen molar-refractivity contribution in [1.29, 1.82) is 0 Å². The molecule has 0 spiro atoms. The topological polar surface area (TPSA) is 46.2 Å². The number of allylic oxidation sites excluding steroid dienone is 2. The van der Waals surface area contributed by atoms with Crippen molar-refractivity contribution in [3.05, 3.63) is 23.8 Å². The maximum Gasteiger partial charge on any atom is 0.254 e. The molecule has 0 bridgehead atoms. The summed E-state index contributed by atoms with van der Waals surface area (Å²) in [7, 11) is 0. The van der Waals surface area contributed by atoms with E-state index in [1.807, 2.05) is 6.08 Å². The van der Waals surface area contributed by atoms with Gasteiger partial charge in [-0.25, -0.2) is 0 Å². The van der Waals surface area contributed by atoms with Gasteiger partial charge >= 0.3 is 0 Å². The second-order valence-corrected chi connectivity index (χ2v) is 2.62. The molecule has 11 heavy (non-hydrogen) atoms. The molecule has 1 fully saturated rings. The molecule has 1 N–H and O–H groups in total. The number of carbonyl (C=O) groups excluding carboxylic acids is 2. The third-order valence-corrected chi connectivity index (χ3v) is 1.92. The summed E-state index contributed by atoms with van der Waals surface area (Å²) in [6.45, 7) is 0. The Morgan fingerprint density at radius 1 is 1.45 bits per heavy atom. The van der Waals surface area contributed by atoms with Crippen molar-refractivity contribution in [2.75, 3.05) is 0 Å². The second-order valence-electron chi connectivity index (χ2n) is 2.62. The Balaban J connectivity index is 2.42. The number of hydrogen-bond acceptors (Lipinski definition) is 2. The van der Waals surface area contributed by atoms with Crippen molar-refractivity contribution in [3.8, 4) is 0 Å². The van der Waals surface area contributed by atoms with Gasteiger partial charge in [-0.2, -0.15) is 0 Å². The van der Waals surface area contributed by atoms with Crippen LogP contribution in [0.3, 0.4) is 0 Å². The Labute approximate surface area is 63.8 Å². The summed E-state index contributed by atoms with van der Waals surface area (Å²) in [5, 5.41) is 2.26. The first-order chi connectivity index (χ1) is 5.29. The van der Waals surface area contributed by atoms with Crippen molar-refractivity contribution in [3.63, 3.8) is 0 Å². The van der Waals surface area contributed by atoms with Crippen molar-refractivity contribution < 1.29 is 9.59 Å². The molecule has 1 aliphatic carbocycles. The number of nitrogens with one attached hydrogen (secondary N) is 1. The summed E-state index contributed by atoms with van der Waals surface area (Å²) in [6, 6.07) is 0. The van der Waals surface area contributed by atoms with Gasteiger partial charge in [0.1, 0.15) is 0 Å². The van der Waals surface area contributed by atoms with Crippen LogP contribution in [0.4, 0.5) is 0 Å². The van der Waals surface area contributed by atoms with Gasteiger partial charge in [0.25, 0.3) is 5.91 Å². The summed E-state index contributed by atoms with van der Waals surface area (Å²) >= 11 is 0. The number of carbonyl (C=O) groups is 2. The fraction of sp³-hybridized carbons (Fsp3) is 0.250. The first-order valence-corrected chi connectivity index (χ1v) is 3.51. The molecular formula is C8H7NO2. The highest BCUT2D eigenvalue weighted by molar-refractivity contribution is 6.15. The lowest BCUT2D eigenvalue weighted by atomic mass is 9.96. The van der Waals surface area contributed by atoms with E-state index in [0.717, 1.165) is 6.42 Å². The monoisotopic (exact) mass is 149 g/mol. The van der Waals surface area contributed by atoms with E-state index >= 15 is 0 Å². The normalized spacial score (nSPS) is 28.0. The van der Waals surface area contributed by atoms with Crippen LogP contribution in [-0.2, 0) is 9.59 Å². The van der Waals surface area contributed by atoms with Gasteiger partial charge in [0.05, 0.1) is 5.92 Å². The molecule has 3 heteroatoms. The van der Waals surface area contributed by atoms with Crippen LogP contribution in [0.25, 0.3) is 0 Å². The zero-order valence-electron chi connectivity index (χ0n) is 5.83. The molecular weight excluding hydrogens is 142 g/mol. The zero-order chi connectivity index (χ0) is 7.84. The SMILES string of the molecule is O=C1NC(=O)C2C=CCC=C12. The van der Waals surface area contributed by atoms with E-state index in [9.17, 15) is 9.59 Å². The molecule has 0 aromatic heterocycles. The minimum atomic E-state index is -0.309. The highest BCUT2D eigenvalue weighted by Crippen LogP contribution is 2.23. The fourth-order valence-corrected chi connectivity index (χ4v) is 1.36. The summed E-state index contributed by atoms with van der Waals surface area (Å²) in [6.07, 6.45) is 6.22. The lowest BCUT2D eigenvalue weighted by Crippen LogP contribution is -2.21. The minimum absolute atomic E-state index is 0.197. The van der Waals surface area contributed by atoms with E-state index in [0.29, 0.717) is 5.57 Å². The summed E-state index contributed by atoms with van der Waals surface area (Å²) in [5.41, 5.74) is 0.609. The van der Waals surface area contributed by atoms with E-state index in [2.05, 4.69) is 5.32 Å². The molecule has 0 aromatic carbocycles. The molecule has 0 saturated carbocycles. The third kappa shape index (κ3) is 0.808. The van der Waals surface area contributed by atoms with E-state index < -0.39 is 0 Å². The standard InChI is InChI=1S/C8H7NO2/c10-7-5-3-1-2-4-6(5)8(11)9-7/h1,3-5H,2H2,(H,9,10,11). The number of amides is 2. The summed E-state index contributed by atoms with van der Waals surface area (Å²) < 4.78 is 0. The highest BCUT2D eigenvalue weighted by atomic mass is 16.2. The van der Waals surface area contributed by atoms with Gasteiger partial charge in [-0.05, 0) is 6.42 Å². The highest BCUT2D eigenvalue weighted by Gasteiger charge is 2.34. The van der Waals surface area contributed by atoms with Gasteiger partial charge in [-0.3, -0.25) is 14.9 Å². The van der Waals surface area contributed by atoms with Crippen LogP contribution in [0, 0.1) is 5.92 Å². The van der Waals surface area contributed by atoms with Crippen LogP contribution in [-0.4, -0.2) is 11.8 Å². The third-order valence-electron chi connectivity index (χ3n) is 1.92. The average molecular weight is 149 g/mol. The molecule has 3 nitrogen and oxygen atoms in total. The maximum atomic E-state index is 11.0. The number of imide groups is 1. The predicted molar refractivity (Wildman–Crippen MR) is 38.5 cm³/mol. The lowest BCUT2D eigenvalue weighted by Gasteiger charge is -2.04. The van der Waals surface area contributed by atoms with E-state index in [1.54, 1.807) is 12.2 Å². The first-order valence-electron chi connectivity index (χ1n) is 3.51. The maximum absolute atomic E-state index is 11.0. The van der Waals surface area contributed by atoms with Gasteiger partial charge < -0.3 is 0 Å². The number of hydrogen-bond donors (Lipinski definition) is 1. The molecule has 2 amide bonds. The van der Waals surface area contributed by atoms with E-state index in [4.69, 9.17) is 0 Å². The van der Waals surface area contributed by atoms with Gasteiger partial charge in [0.2, 0.25) is 5.91 Å². The molecule has 2 rings (SSSR count). The molecule has 0 aromatic rings. The van der Waals surface area contributed by atoms with E-state index in [-0.39, 0.29) is 17.7 Å². The number of rotatable bonds is 0. The Bertz CT molecular complexity index is 288. The molecule has 1 unspecified atom stereocenters. The Kier molecular flexibility index (Phi) is 1.18. The van der Waals surface area contributed by atoms with Crippen molar-refractivity contribution >= 4 is 11.8 Å². The smallest absolute Gasteiger partial charge is 0.254 e. The van der Waals surface area contributed by atoms with Gasteiger partial charge in [0, 0.05) is 5.57 Å². The molecule has 0 radical (unpaired) electrons. The van der Waals surface area contributed by atoms with Crippen LogP contribution in [0.1, 0.15) is 6.42 Å². The Morgan fingerprint density at radius 2 is 2.27 bits per heavy atom. The minimum Gasteiger partial charge on any atom is -0.292 e. The van der Waals surface area contributed by atoms with Crippen LogP contribution < -0.4 is 5.32 Å². The second kappa shape index (κ2) is 2.05. The Hall–Kier alpha value is -1.38. The van der Waals surface area contributed by atoms with Gasteiger partial charge in [-0.15, -0.1) is 0 Å². The quantitative estimate of drug-likeness (QED) is 0.393. The average Bonchev–Trinajstić information content (AvgIpc) is 2.30. The Morgan fingerprint density at radius 3 is 3.00 bits per heavy atom. The van der Waals surface area contributed by atoms with Crippen LogP contribution >= 0.6 is 0 Å². The first kappa shape index (κ1) is 6.34. The zero-order valence-corrected chi connectivity index (χ0v) is 5.83.